The maximum Gasteiger partial charge on any atom is 0.00951 e. The standard InChI is InChI=1S/C11H23N/c1-4-10(3)12-11-8-6-5-7-9(11)2/h9-12H,4-8H2,1-3H3/t9-,10-,11-/m0/s1. The molecule has 0 saturated heterocycles. The van der Waals surface area contributed by atoms with Gasteiger partial charge >= 0.3 is 0 Å². The van der Waals surface area contributed by atoms with Crippen molar-refractivity contribution < 1.29 is 0 Å². The van der Waals surface area contributed by atoms with Crippen LogP contribution < -0.4 is 5.32 Å². The van der Waals surface area contributed by atoms with E-state index in [1.807, 2.05) is 0 Å². The van der Waals surface area contributed by atoms with Crippen molar-refractivity contribution in [2.75, 3.05) is 0 Å². The van der Waals surface area contributed by atoms with Gasteiger partial charge in [-0.1, -0.05) is 26.7 Å². The summed E-state index contributed by atoms with van der Waals surface area (Å²) in [4.78, 5) is 0. The van der Waals surface area contributed by atoms with Crippen LogP contribution in [0.1, 0.15) is 52.9 Å². The van der Waals surface area contributed by atoms with Gasteiger partial charge in [0.2, 0.25) is 0 Å². The zero-order chi connectivity index (χ0) is 8.97. The highest BCUT2D eigenvalue weighted by Gasteiger charge is 2.21. The van der Waals surface area contributed by atoms with Crippen molar-refractivity contribution >= 4 is 0 Å². The number of hydrogen-bond donors (Lipinski definition) is 1. The van der Waals surface area contributed by atoms with Gasteiger partial charge < -0.3 is 5.32 Å². The molecule has 72 valence electrons. The van der Waals surface area contributed by atoms with E-state index in [9.17, 15) is 0 Å². The summed E-state index contributed by atoms with van der Waals surface area (Å²) in [5.41, 5.74) is 0. The van der Waals surface area contributed by atoms with Crippen molar-refractivity contribution in [1.29, 1.82) is 0 Å². The molecule has 1 nitrogen and oxygen atoms in total. The Labute approximate surface area is 76.9 Å². The Morgan fingerprint density at radius 2 is 2.00 bits per heavy atom. The highest BCUT2D eigenvalue weighted by molar-refractivity contribution is 4.79. The molecule has 0 unspecified atom stereocenters. The van der Waals surface area contributed by atoms with Crippen LogP contribution >= 0.6 is 0 Å². The molecule has 12 heavy (non-hydrogen) atoms. The Balaban J connectivity index is 2.28. The van der Waals surface area contributed by atoms with E-state index in [0.29, 0.717) is 6.04 Å². The van der Waals surface area contributed by atoms with E-state index in [0.717, 1.165) is 12.0 Å². The summed E-state index contributed by atoms with van der Waals surface area (Å²) >= 11 is 0. The fourth-order valence-corrected chi connectivity index (χ4v) is 2.05. The maximum atomic E-state index is 3.72. The molecule has 1 heteroatoms. The van der Waals surface area contributed by atoms with Crippen LogP contribution in [0.25, 0.3) is 0 Å². The van der Waals surface area contributed by atoms with Crippen molar-refractivity contribution in [2.45, 2.75) is 65.0 Å². The molecule has 0 spiro atoms. The number of hydrogen-bond acceptors (Lipinski definition) is 1. The summed E-state index contributed by atoms with van der Waals surface area (Å²) in [5.74, 6) is 0.896. The minimum Gasteiger partial charge on any atom is -0.311 e. The largest absolute Gasteiger partial charge is 0.311 e. The van der Waals surface area contributed by atoms with Crippen molar-refractivity contribution in [3.63, 3.8) is 0 Å². The topological polar surface area (TPSA) is 12.0 Å². The van der Waals surface area contributed by atoms with Gasteiger partial charge in [-0.05, 0) is 32.1 Å². The second-order valence-electron chi connectivity index (χ2n) is 4.34. The van der Waals surface area contributed by atoms with E-state index in [1.54, 1.807) is 0 Å². The molecular weight excluding hydrogens is 146 g/mol. The predicted molar refractivity (Wildman–Crippen MR) is 54.3 cm³/mol. The van der Waals surface area contributed by atoms with Gasteiger partial charge in [0.05, 0.1) is 0 Å². The third kappa shape index (κ3) is 2.78. The molecule has 0 aromatic carbocycles. The minimum absolute atomic E-state index is 0.704. The van der Waals surface area contributed by atoms with E-state index in [-0.39, 0.29) is 0 Å². The Hall–Kier alpha value is -0.0400. The quantitative estimate of drug-likeness (QED) is 0.685. The minimum atomic E-state index is 0.704. The number of rotatable bonds is 3. The molecule has 1 aliphatic carbocycles. The van der Waals surface area contributed by atoms with Gasteiger partial charge in [-0.3, -0.25) is 0 Å². The Morgan fingerprint density at radius 1 is 1.33 bits per heavy atom. The summed E-state index contributed by atoms with van der Waals surface area (Å²) in [6.45, 7) is 6.94. The summed E-state index contributed by atoms with van der Waals surface area (Å²) < 4.78 is 0. The SMILES string of the molecule is CC[C@H](C)N[C@H]1CCCC[C@@H]1C. The fraction of sp³-hybridized carbons (Fsp3) is 1.00. The lowest BCUT2D eigenvalue weighted by Gasteiger charge is -2.31. The molecule has 1 aliphatic rings. The van der Waals surface area contributed by atoms with Crippen molar-refractivity contribution in [1.82, 2.24) is 5.32 Å². The molecule has 0 aromatic heterocycles. The first-order chi connectivity index (χ1) is 5.74. The molecule has 0 aromatic rings. The van der Waals surface area contributed by atoms with E-state index < -0.39 is 0 Å². The maximum absolute atomic E-state index is 3.72. The lowest BCUT2D eigenvalue weighted by atomic mass is 9.85. The van der Waals surface area contributed by atoms with Gasteiger partial charge in [-0.15, -0.1) is 0 Å². The van der Waals surface area contributed by atoms with Gasteiger partial charge in [-0.2, -0.15) is 0 Å². The molecule has 0 amide bonds. The van der Waals surface area contributed by atoms with Gasteiger partial charge in [0.1, 0.15) is 0 Å². The van der Waals surface area contributed by atoms with Crippen LogP contribution in [0.15, 0.2) is 0 Å². The molecule has 3 atom stereocenters. The van der Waals surface area contributed by atoms with Crippen LogP contribution in [0, 0.1) is 5.92 Å². The molecule has 1 saturated carbocycles. The smallest absolute Gasteiger partial charge is 0.00951 e. The molecule has 0 radical (unpaired) electrons. The third-order valence-corrected chi connectivity index (χ3v) is 3.22. The van der Waals surface area contributed by atoms with E-state index >= 15 is 0 Å². The normalized spacial score (nSPS) is 33.2. The highest BCUT2D eigenvalue weighted by Crippen LogP contribution is 2.24. The van der Waals surface area contributed by atoms with E-state index in [4.69, 9.17) is 0 Å². The zero-order valence-corrected chi connectivity index (χ0v) is 8.77. The third-order valence-electron chi connectivity index (χ3n) is 3.22. The Kier molecular flexibility index (Phi) is 4.07. The Morgan fingerprint density at radius 3 is 2.58 bits per heavy atom. The monoisotopic (exact) mass is 169 g/mol. The summed E-state index contributed by atoms with van der Waals surface area (Å²) in [6.07, 6.45) is 6.95. The van der Waals surface area contributed by atoms with Gasteiger partial charge in [0.15, 0.2) is 0 Å². The zero-order valence-electron chi connectivity index (χ0n) is 8.77. The Bertz CT molecular complexity index is 122. The molecule has 0 bridgehead atoms. The van der Waals surface area contributed by atoms with Crippen molar-refractivity contribution in [2.24, 2.45) is 5.92 Å². The molecular formula is C11H23N. The summed E-state index contributed by atoms with van der Waals surface area (Å²) in [7, 11) is 0. The predicted octanol–water partition coefficient (Wildman–Crippen LogP) is 2.95. The first-order valence-electron chi connectivity index (χ1n) is 5.50. The molecule has 0 heterocycles. The van der Waals surface area contributed by atoms with Crippen LogP contribution in [0.4, 0.5) is 0 Å². The average Bonchev–Trinajstić information content (AvgIpc) is 2.09. The second-order valence-corrected chi connectivity index (χ2v) is 4.34. The summed E-state index contributed by atoms with van der Waals surface area (Å²) in [5, 5.41) is 3.72. The highest BCUT2D eigenvalue weighted by atomic mass is 14.9. The van der Waals surface area contributed by atoms with Gasteiger partial charge in [0.25, 0.3) is 0 Å². The van der Waals surface area contributed by atoms with Crippen LogP contribution in [-0.2, 0) is 0 Å². The summed E-state index contributed by atoms with van der Waals surface area (Å²) in [6, 6.07) is 1.50. The first kappa shape index (κ1) is 10.0. The first-order valence-corrected chi connectivity index (χ1v) is 5.50. The van der Waals surface area contributed by atoms with Crippen molar-refractivity contribution in [3.8, 4) is 0 Å². The van der Waals surface area contributed by atoms with Crippen LogP contribution in [0.5, 0.6) is 0 Å². The second kappa shape index (κ2) is 4.86. The van der Waals surface area contributed by atoms with Crippen molar-refractivity contribution in [3.05, 3.63) is 0 Å². The van der Waals surface area contributed by atoms with E-state index in [1.165, 1.54) is 32.1 Å². The molecule has 1 fully saturated rings. The lowest BCUT2D eigenvalue weighted by Crippen LogP contribution is -2.41. The average molecular weight is 169 g/mol. The van der Waals surface area contributed by atoms with E-state index in [2.05, 4.69) is 26.1 Å². The van der Waals surface area contributed by atoms with Gasteiger partial charge in [0, 0.05) is 12.1 Å². The van der Waals surface area contributed by atoms with Crippen LogP contribution in [0.2, 0.25) is 0 Å². The van der Waals surface area contributed by atoms with Crippen LogP contribution in [-0.4, -0.2) is 12.1 Å². The molecule has 1 rings (SSSR count). The molecule has 1 N–H and O–H groups in total. The number of nitrogens with one attached hydrogen (secondary N) is 1. The lowest BCUT2D eigenvalue weighted by molar-refractivity contribution is 0.260. The fourth-order valence-electron chi connectivity index (χ4n) is 2.05. The molecule has 0 aliphatic heterocycles. The van der Waals surface area contributed by atoms with Gasteiger partial charge in [-0.25, -0.2) is 0 Å². The van der Waals surface area contributed by atoms with Crippen LogP contribution in [0.3, 0.4) is 0 Å².